The van der Waals surface area contributed by atoms with Gasteiger partial charge >= 0.3 is 0 Å². The second-order valence-electron chi connectivity index (χ2n) is 35.5. The second kappa shape index (κ2) is 40.8. The van der Waals surface area contributed by atoms with Gasteiger partial charge in [0, 0.05) is 44.5 Å². The van der Waals surface area contributed by atoms with E-state index >= 15 is 0 Å². The lowest BCUT2D eigenvalue weighted by molar-refractivity contribution is 0.0980. The number of carbonyl (C=O) groups is 8. The molecule has 143 heavy (non-hydrogen) atoms. The fourth-order valence-corrected chi connectivity index (χ4v) is 17.7. The zero-order valence-electron chi connectivity index (χ0n) is 80.0. The number of aryl methyl sites for hydroxylation is 9. The maximum Gasteiger partial charge on any atom is 0.196 e. The molecule has 0 spiro atoms. The third kappa shape index (κ3) is 19.3. The monoisotopic (exact) mass is 1900 g/mol. The number of anilines is 8. The smallest absolute Gasteiger partial charge is 0.196 e. The van der Waals surface area contributed by atoms with Crippen LogP contribution in [-0.4, -0.2) is 46.3 Å². The van der Waals surface area contributed by atoms with E-state index in [-0.39, 0.29) is 227 Å². The van der Waals surface area contributed by atoms with E-state index < -0.39 is 0 Å². The molecule has 0 saturated heterocycles. The van der Waals surface area contributed by atoms with E-state index in [1.54, 1.807) is 158 Å². The van der Waals surface area contributed by atoms with Crippen molar-refractivity contribution in [2.45, 2.75) is 101 Å². The summed E-state index contributed by atoms with van der Waals surface area (Å²) in [6.45, 7) is 18.0. The lowest BCUT2D eigenvalue weighted by Crippen LogP contribution is -2.24. The van der Waals surface area contributed by atoms with Crippen LogP contribution in [0.15, 0.2) is 285 Å². The minimum Gasteiger partial charge on any atom is -0.451 e. The van der Waals surface area contributed by atoms with Gasteiger partial charge in [0.1, 0.15) is 46.0 Å². The van der Waals surface area contributed by atoms with E-state index in [0.29, 0.717) is 46.0 Å². The molecule has 0 atom stereocenters. The van der Waals surface area contributed by atoms with E-state index in [1.165, 1.54) is 11.1 Å². The zero-order valence-corrected chi connectivity index (χ0v) is 80.0. The van der Waals surface area contributed by atoms with Gasteiger partial charge in [-0.3, -0.25) is 38.4 Å². The normalized spacial score (nSPS) is 12.2. The first-order valence-corrected chi connectivity index (χ1v) is 46.6. The van der Waals surface area contributed by atoms with Crippen molar-refractivity contribution in [3.8, 4) is 92.0 Å². The van der Waals surface area contributed by atoms with Crippen LogP contribution in [0.1, 0.15) is 217 Å². The summed E-state index contributed by atoms with van der Waals surface area (Å²) in [5.41, 5.74) is 64.4. The maximum atomic E-state index is 13.6. The average molecular weight is 1900 g/mol. The highest BCUT2D eigenvalue weighted by atomic mass is 16.5. The second-order valence-corrected chi connectivity index (χ2v) is 35.5. The Morgan fingerprint density at radius 1 is 0.182 bits per heavy atom. The van der Waals surface area contributed by atoms with Crippen molar-refractivity contribution in [2.75, 3.05) is 45.9 Å². The van der Waals surface area contributed by atoms with Crippen LogP contribution in [0.3, 0.4) is 0 Å². The van der Waals surface area contributed by atoms with Crippen LogP contribution in [0.5, 0.6) is 92.0 Å². The van der Waals surface area contributed by atoms with Gasteiger partial charge in [-0.25, -0.2) is 0 Å². The number of fused-ring (bicyclic) bond motifs is 8. The van der Waals surface area contributed by atoms with Gasteiger partial charge in [-0.15, -0.1) is 0 Å². The van der Waals surface area contributed by atoms with Gasteiger partial charge in [-0.2, -0.15) is 0 Å². The van der Waals surface area contributed by atoms with Gasteiger partial charge in [0.2, 0.25) is 0 Å². The predicted molar refractivity (Wildman–Crippen MR) is 557 cm³/mol. The molecule has 4 aliphatic carbocycles. The van der Waals surface area contributed by atoms with Crippen molar-refractivity contribution in [2.24, 2.45) is 0 Å². The molecule has 0 aliphatic heterocycles. The van der Waals surface area contributed by atoms with Gasteiger partial charge in [-0.1, -0.05) is 231 Å². The highest BCUT2D eigenvalue weighted by molar-refractivity contribution is 6.36. The SMILES string of the molecule is CCCCc1ccc(Oc2c(N)c3c(c(N)c2Oc2ccc(CCCC)cc2)C(=O)c2ccccc2C3=O)cc1.Cc1cc(C)cc(Oc2c(N)c3c(c(N)c2Oc2cc(C)cc(C)c2)C(=O)c2ccccc2C3=O)c1.Cc1ccc(Oc2c(N)c3c(c(N)c2Oc2ccc(C)cc2)C(=O)c2ccccc2C3=O)cc1.Cc1ccc(Oc2c(N)c3c(c(N)c2Oc2ccccc2)C(=O)c2ccccc2C3=O)cc1. The number of ether oxygens (including phenoxy) is 8. The molecule has 16 aromatic carbocycles. The number of para-hydroxylation sites is 1. The van der Waals surface area contributed by atoms with Gasteiger partial charge in [0.25, 0.3) is 0 Å². The van der Waals surface area contributed by atoms with Gasteiger partial charge in [-0.05, 0) is 205 Å². The number of carbonyl (C=O) groups excluding carboxylic acids is 8. The minimum atomic E-state index is -0.385. The summed E-state index contributed by atoms with van der Waals surface area (Å²) in [6.07, 6.45) is 6.37. The number of hydrogen-bond donors (Lipinski definition) is 8. The van der Waals surface area contributed by atoms with Crippen molar-refractivity contribution < 1.29 is 76.3 Å². The Balaban J connectivity index is 0.000000131. The summed E-state index contributed by atoms with van der Waals surface area (Å²) < 4.78 is 49.5. The summed E-state index contributed by atoms with van der Waals surface area (Å²) >= 11 is 0. The molecule has 0 amide bonds. The van der Waals surface area contributed by atoms with E-state index in [9.17, 15) is 38.4 Å². The molecule has 16 N–H and O–H groups in total. The Morgan fingerprint density at radius 3 is 0.524 bits per heavy atom. The van der Waals surface area contributed by atoms with Crippen molar-refractivity contribution in [1.82, 2.24) is 0 Å². The number of rotatable bonds is 22. The topological polar surface area (TPSA) is 419 Å². The fourth-order valence-electron chi connectivity index (χ4n) is 17.7. The summed E-state index contributed by atoms with van der Waals surface area (Å²) in [6, 6.07) is 84.3. The third-order valence-electron chi connectivity index (χ3n) is 24.9. The number of ketones is 8. The highest BCUT2D eigenvalue weighted by Crippen LogP contribution is 2.56. The Bertz CT molecular complexity index is 7470. The first-order chi connectivity index (χ1) is 68.9. The molecular formula is C119H102N8O16. The van der Waals surface area contributed by atoms with Crippen LogP contribution in [0.4, 0.5) is 45.5 Å². The van der Waals surface area contributed by atoms with E-state index in [2.05, 4.69) is 13.8 Å². The Morgan fingerprint density at radius 2 is 0.343 bits per heavy atom. The minimum absolute atomic E-state index is 0.000241. The molecule has 0 radical (unpaired) electrons. The van der Waals surface area contributed by atoms with Crippen LogP contribution >= 0.6 is 0 Å². The van der Waals surface area contributed by atoms with E-state index in [1.807, 2.05) is 176 Å². The van der Waals surface area contributed by atoms with Gasteiger partial charge in [0.05, 0.1) is 90.0 Å². The van der Waals surface area contributed by atoms with Crippen molar-refractivity contribution in [3.05, 3.63) is 424 Å². The molecule has 16 aromatic rings. The Kier molecular flexibility index (Phi) is 27.5. The number of nitrogens with two attached hydrogens (primary N) is 8. The molecule has 0 heterocycles. The van der Waals surface area contributed by atoms with Crippen LogP contribution in [0.2, 0.25) is 0 Å². The van der Waals surface area contributed by atoms with Crippen LogP contribution in [-0.2, 0) is 12.8 Å². The molecule has 24 nitrogen and oxygen atoms in total. The van der Waals surface area contributed by atoms with Gasteiger partial charge in [0.15, 0.2) is 92.3 Å². The maximum absolute atomic E-state index is 13.6. The number of nitrogen functional groups attached to an aromatic ring is 8. The number of hydrogen-bond acceptors (Lipinski definition) is 24. The lowest BCUT2D eigenvalue weighted by Gasteiger charge is -2.25. The summed E-state index contributed by atoms with van der Waals surface area (Å²) in [7, 11) is 0. The van der Waals surface area contributed by atoms with E-state index in [0.717, 1.165) is 77.5 Å². The predicted octanol–water partition coefficient (Wildman–Crippen LogP) is 25.7. The number of benzene rings is 16. The molecule has 4 aliphatic rings. The quantitative estimate of drug-likeness (QED) is 0.0292. The number of unbranched alkanes of at least 4 members (excludes halogenated alkanes) is 2. The van der Waals surface area contributed by atoms with Crippen molar-refractivity contribution in [1.29, 1.82) is 0 Å². The molecule has 0 unspecified atom stereocenters. The summed E-state index contributed by atoms with van der Waals surface area (Å²) in [4.78, 5) is 108. The molecule has 20 rings (SSSR count). The first-order valence-electron chi connectivity index (χ1n) is 46.6. The molecule has 0 bridgehead atoms. The molecule has 0 fully saturated rings. The van der Waals surface area contributed by atoms with Crippen LogP contribution < -0.4 is 83.8 Å². The van der Waals surface area contributed by atoms with Gasteiger partial charge < -0.3 is 83.8 Å². The van der Waals surface area contributed by atoms with Crippen molar-refractivity contribution >= 4 is 91.8 Å². The molecular weight excluding hydrogens is 1800 g/mol. The zero-order chi connectivity index (χ0) is 101. The molecule has 24 heteroatoms. The standard InChI is InChI=1S/C34H34N2O4.C30H26N2O4.C28H22N2O4.C27H20N2O4/c1-3-5-9-21-13-17-23(18-14-21)39-33-29(35)27-28(32(38)26-12-8-7-11-25(26)31(27)37)30(36)34(33)40-24-19-15-22(16-20-24)10-6-4-2;1-15-9-16(2)12-19(11-15)35-29-25(31)23-24(28(34)22-8-6-5-7-21(22)27(23)33)26(32)30(29)36-20-13-17(3)10-18(4)14-20;1-15-7-11-17(12-8-15)33-27-23(29)21-22(26(32)20-6-4-3-5-19(20)25(21)31)24(30)28(27)34-18-13-9-16(2)10-14-18;1-15-11-13-17(14-12-15)33-27-23(29)21-20(22(28)26(27)32-16-7-3-2-4-8-16)24(30)18-9-5-6-10-19(18)25(21)31/h7-8,11-20H,3-6,9-10,35-36H2,1-2H3;5-14H,31-32H2,1-4H3;3-14H,29-30H2,1-2H3;2-14H,28-29H2,1H3. The summed E-state index contributed by atoms with van der Waals surface area (Å²) in [5, 5.41) is 0. The van der Waals surface area contributed by atoms with Crippen LogP contribution in [0.25, 0.3) is 0 Å². The Labute approximate surface area is 826 Å². The third-order valence-corrected chi connectivity index (χ3v) is 24.9. The molecule has 714 valence electrons. The fraction of sp³-hybridized carbons (Fsp3) is 0.126. The highest BCUT2D eigenvalue weighted by Gasteiger charge is 2.43. The summed E-state index contributed by atoms with van der Waals surface area (Å²) in [5.74, 6) is 1.67. The van der Waals surface area contributed by atoms with E-state index in [4.69, 9.17) is 83.8 Å². The lowest BCUT2D eigenvalue weighted by atomic mass is 9.82. The Hall–Kier alpha value is -18.3. The average Bonchev–Trinajstić information content (AvgIpc) is 0.741. The van der Waals surface area contributed by atoms with Crippen LogP contribution in [0, 0.1) is 48.5 Å². The largest absolute Gasteiger partial charge is 0.451 e. The molecule has 0 aromatic heterocycles. The first kappa shape index (κ1) is 96.4. The van der Waals surface area contributed by atoms with Crippen molar-refractivity contribution in [3.63, 3.8) is 0 Å². The molecule has 0 saturated carbocycles.